The minimum absolute atomic E-state index is 0.0411. The van der Waals surface area contributed by atoms with Crippen LogP contribution in [0.3, 0.4) is 0 Å². The number of benzene rings is 1. The van der Waals surface area contributed by atoms with Gasteiger partial charge < -0.3 is 4.74 Å². The summed E-state index contributed by atoms with van der Waals surface area (Å²) in [5.74, 6) is 1.51. The summed E-state index contributed by atoms with van der Waals surface area (Å²) in [6, 6.07) is 8.04. The summed E-state index contributed by atoms with van der Waals surface area (Å²) < 4.78 is 5.53. The van der Waals surface area contributed by atoms with Crippen LogP contribution in [0.1, 0.15) is 64.4 Å². The average molecular weight is 288 g/mol. The third-order valence-corrected chi connectivity index (χ3v) is 4.56. The quantitative estimate of drug-likeness (QED) is 0.411. The molecule has 0 saturated heterocycles. The highest BCUT2D eigenvalue weighted by atomic mass is 16.5. The van der Waals surface area contributed by atoms with Crippen molar-refractivity contribution < 1.29 is 9.53 Å². The first-order chi connectivity index (χ1) is 10.2. The molecule has 0 amide bonds. The van der Waals surface area contributed by atoms with Crippen molar-refractivity contribution in [1.82, 2.24) is 0 Å². The van der Waals surface area contributed by atoms with Gasteiger partial charge in [0.25, 0.3) is 0 Å². The number of ether oxygens (including phenoxy) is 1. The highest BCUT2D eigenvalue weighted by Gasteiger charge is 2.25. The van der Waals surface area contributed by atoms with Gasteiger partial charge >= 0.3 is 5.97 Å². The van der Waals surface area contributed by atoms with Crippen LogP contribution in [0.25, 0.3) is 0 Å². The van der Waals surface area contributed by atoms with Gasteiger partial charge in [-0.05, 0) is 62.1 Å². The van der Waals surface area contributed by atoms with Crippen molar-refractivity contribution in [2.75, 3.05) is 0 Å². The fraction of sp³-hybridized carbons (Fsp3) is 0.632. The molecule has 1 aromatic carbocycles. The van der Waals surface area contributed by atoms with Crippen LogP contribution in [-0.2, 0) is 11.2 Å². The molecule has 0 aromatic heterocycles. The lowest BCUT2D eigenvalue weighted by Gasteiger charge is -2.24. The molecule has 2 rings (SSSR count). The average Bonchev–Trinajstić information content (AvgIpc) is 2.50. The van der Waals surface area contributed by atoms with Crippen LogP contribution >= 0.6 is 0 Å². The lowest BCUT2D eigenvalue weighted by molar-refractivity contribution is -0.140. The minimum Gasteiger partial charge on any atom is -0.426 e. The van der Waals surface area contributed by atoms with Crippen molar-refractivity contribution in [3.63, 3.8) is 0 Å². The minimum atomic E-state index is -0.0411. The lowest BCUT2D eigenvalue weighted by Crippen LogP contribution is -2.24. The van der Waals surface area contributed by atoms with Gasteiger partial charge in [-0.2, -0.15) is 0 Å². The van der Waals surface area contributed by atoms with Crippen molar-refractivity contribution in [3.8, 4) is 5.75 Å². The van der Waals surface area contributed by atoms with E-state index in [9.17, 15) is 4.79 Å². The molecule has 0 bridgehead atoms. The molecule has 0 heterocycles. The molecule has 1 fully saturated rings. The van der Waals surface area contributed by atoms with E-state index >= 15 is 0 Å². The highest BCUT2D eigenvalue weighted by molar-refractivity contribution is 5.75. The van der Waals surface area contributed by atoms with Gasteiger partial charge in [0.2, 0.25) is 0 Å². The van der Waals surface area contributed by atoms with Gasteiger partial charge in [0.05, 0.1) is 5.92 Å². The van der Waals surface area contributed by atoms with Crippen LogP contribution in [0.4, 0.5) is 0 Å². The third kappa shape index (κ3) is 5.18. The Kier molecular flexibility index (Phi) is 6.28. The molecule has 2 nitrogen and oxygen atoms in total. The molecule has 2 heteroatoms. The van der Waals surface area contributed by atoms with E-state index in [-0.39, 0.29) is 11.9 Å². The summed E-state index contributed by atoms with van der Waals surface area (Å²) in [5, 5.41) is 0. The SMILES string of the molecule is CCCCCc1ccc(OC(=O)C2CCC(C)CC2)cc1. The molecule has 0 N–H and O–H groups in total. The summed E-state index contributed by atoms with van der Waals surface area (Å²) in [4.78, 5) is 12.1. The zero-order chi connectivity index (χ0) is 15.1. The van der Waals surface area contributed by atoms with Gasteiger partial charge in [0.15, 0.2) is 0 Å². The van der Waals surface area contributed by atoms with E-state index in [4.69, 9.17) is 4.74 Å². The van der Waals surface area contributed by atoms with Gasteiger partial charge in [-0.1, -0.05) is 38.8 Å². The van der Waals surface area contributed by atoms with Crippen molar-refractivity contribution in [2.24, 2.45) is 11.8 Å². The molecule has 1 saturated carbocycles. The van der Waals surface area contributed by atoms with E-state index in [0.717, 1.165) is 38.0 Å². The molecule has 1 aliphatic carbocycles. The van der Waals surface area contributed by atoms with E-state index in [1.807, 2.05) is 12.1 Å². The Labute approximate surface area is 128 Å². The highest BCUT2D eigenvalue weighted by Crippen LogP contribution is 2.29. The number of carbonyl (C=O) groups is 1. The van der Waals surface area contributed by atoms with E-state index < -0.39 is 0 Å². The Bertz CT molecular complexity index is 427. The Morgan fingerprint density at radius 1 is 1.10 bits per heavy atom. The zero-order valence-electron chi connectivity index (χ0n) is 13.4. The second-order valence-corrected chi connectivity index (χ2v) is 6.48. The van der Waals surface area contributed by atoms with Crippen molar-refractivity contribution >= 4 is 5.97 Å². The molecule has 1 aliphatic rings. The summed E-state index contributed by atoms with van der Waals surface area (Å²) >= 11 is 0. The normalized spacial score (nSPS) is 22.0. The second-order valence-electron chi connectivity index (χ2n) is 6.48. The van der Waals surface area contributed by atoms with Gasteiger partial charge in [-0.25, -0.2) is 0 Å². The monoisotopic (exact) mass is 288 g/mol. The molecule has 0 radical (unpaired) electrons. The van der Waals surface area contributed by atoms with Crippen molar-refractivity contribution in [2.45, 2.75) is 65.2 Å². The number of aryl methyl sites for hydroxylation is 1. The van der Waals surface area contributed by atoms with Gasteiger partial charge in [-0.3, -0.25) is 4.79 Å². The van der Waals surface area contributed by atoms with E-state index in [2.05, 4.69) is 26.0 Å². The van der Waals surface area contributed by atoms with E-state index in [1.165, 1.54) is 24.8 Å². The molecule has 0 spiro atoms. The number of hydrogen-bond acceptors (Lipinski definition) is 2. The van der Waals surface area contributed by atoms with Gasteiger partial charge in [0, 0.05) is 0 Å². The largest absolute Gasteiger partial charge is 0.426 e. The maximum absolute atomic E-state index is 12.1. The number of unbranched alkanes of at least 4 members (excludes halogenated alkanes) is 2. The Balaban J connectivity index is 1.81. The molecule has 1 aromatic rings. The van der Waals surface area contributed by atoms with Crippen LogP contribution in [0.5, 0.6) is 5.75 Å². The molecular formula is C19H28O2. The second kappa shape index (κ2) is 8.21. The van der Waals surface area contributed by atoms with E-state index in [1.54, 1.807) is 0 Å². The van der Waals surface area contributed by atoms with E-state index in [0.29, 0.717) is 5.75 Å². The number of esters is 1. The molecule has 116 valence electrons. The number of carbonyl (C=O) groups excluding carboxylic acids is 1. The lowest BCUT2D eigenvalue weighted by atomic mass is 9.83. The fourth-order valence-corrected chi connectivity index (χ4v) is 3.00. The van der Waals surface area contributed by atoms with Crippen LogP contribution in [0.2, 0.25) is 0 Å². The third-order valence-electron chi connectivity index (χ3n) is 4.56. The van der Waals surface area contributed by atoms with Crippen LogP contribution in [0.15, 0.2) is 24.3 Å². The maximum Gasteiger partial charge on any atom is 0.314 e. The Hall–Kier alpha value is -1.31. The summed E-state index contributed by atoms with van der Waals surface area (Å²) in [6.07, 6.45) is 9.13. The molecule has 0 unspecified atom stereocenters. The number of rotatable bonds is 6. The number of hydrogen-bond donors (Lipinski definition) is 0. The van der Waals surface area contributed by atoms with Crippen LogP contribution in [-0.4, -0.2) is 5.97 Å². The predicted molar refractivity (Wildman–Crippen MR) is 86.4 cm³/mol. The molecule has 0 atom stereocenters. The first-order valence-corrected chi connectivity index (χ1v) is 8.49. The summed E-state index contributed by atoms with van der Waals surface area (Å²) in [6.45, 7) is 4.48. The van der Waals surface area contributed by atoms with Crippen LogP contribution < -0.4 is 4.74 Å². The molecular weight excluding hydrogens is 260 g/mol. The predicted octanol–water partition coefficient (Wildman–Crippen LogP) is 5.15. The van der Waals surface area contributed by atoms with Crippen molar-refractivity contribution in [3.05, 3.63) is 29.8 Å². The fourth-order valence-electron chi connectivity index (χ4n) is 3.00. The van der Waals surface area contributed by atoms with Gasteiger partial charge in [0.1, 0.15) is 5.75 Å². The Morgan fingerprint density at radius 2 is 1.76 bits per heavy atom. The first-order valence-electron chi connectivity index (χ1n) is 8.49. The molecule has 0 aliphatic heterocycles. The smallest absolute Gasteiger partial charge is 0.314 e. The summed E-state index contributed by atoms with van der Waals surface area (Å²) in [7, 11) is 0. The van der Waals surface area contributed by atoms with Gasteiger partial charge in [-0.15, -0.1) is 0 Å². The topological polar surface area (TPSA) is 26.3 Å². The molecule has 21 heavy (non-hydrogen) atoms. The van der Waals surface area contributed by atoms with Crippen LogP contribution in [0, 0.1) is 11.8 Å². The maximum atomic E-state index is 12.1. The standard InChI is InChI=1S/C19H28O2/c1-3-4-5-6-16-9-13-18(14-10-16)21-19(20)17-11-7-15(2)8-12-17/h9-10,13-15,17H,3-8,11-12H2,1-2H3. The summed E-state index contributed by atoms with van der Waals surface area (Å²) in [5.41, 5.74) is 1.33. The Morgan fingerprint density at radius 3 is 2.38 bits per heavy atom. The first kappa shape index (κ1) is 16.1. The van der Waals surface area contributed by atoms with Crippen molar-refractivity contribution in [1.29, 1.82) is 0 Å². The zero-order valence-corrected chi connectivity index (χ0v) is 13.4.